The van der Waals surface area contributed by atoms with Gasteiger partial charge in [0.05, 0.1) is 27.8 Å². The number of aromatic nitrogens is 5. The maximum Gasteiger partial charge on any atom is 0.281 e. The first kappa shape index (κ1) is 28.4. The average Bonchev–Trinajstić information content (AvgIpc) is 3.53. The Hall–Kier alpha value is -3.13. The molecule has 0 saturated carbocycles. The van der Waals surface area contributed by atoms with Gasteiger partial charge in [0.2, 0.25) is 10.0 Å². The Kier molecular flexibility index (Phi) is 8.09. The lowest BCUT2D eigenvalue weighted by atomic mass is 10.1. The molecule has 4 heterocycles. The van der Waals surface area contributed by atoms with Gasteiger partial charge in [0, 0.05) is 38.6 Å². The number of piperazine rings is 1. The van der Waals surface area contributed by atoms with Gasteiger partial charge in [0.15, 0.2) is 11.3 Å². The van der Waals surface area contributed by atoms with Crippen molar-refractivity contribution in [3.8, 4) is 23.0 Å². The molecule has 1 saturated heterocycles. The van der Waals surface area contributed by atoms with Crippen LogP contribution in [0.4, 0.5) is 0 Å². The molecule has 0 radical (unpaired) electrons. The number of rotatable bonds is 9. The third-order valence-electron chi connectivity index (χ3n) is 7.06. The van der Waals surface area contributed by atoms with Gasteiger partial charge in [-0.25, -0.2) is 23.1 Å². The zero-order valence-corrected chi connectivity index (χ0v) is 25.2. The Morgan fingerprint density at radius 1 is 1.02 bits per heavy atom. The molecule has 0 amide bonds. The molecule has 0 unspecified atom stereocenters. The summed E-state index contributed by atoms with van der Waals surface area (Å²) in [7, 11) is -0.146. The lowest BCUT2D eigenvalue weighted by Crippen LogP contribution is -2.47. The number of sulfonamides is 1. The van der Waals surface area contributed by atoms with Crippen LogP contribution in [0, 0.1) is 6.92 Å². The minimum atomic E-state index is -3.75. The van der Waals surface area contributed by atoms with Crippen molar-refractivity contribution in [3.63, 3.8) is 0 Å². The fourth-order valence-corrected chi connectivity index (χ4v) is 6.87. The van der Waals surface area contributed by atoms with E-state index >= 15 is 0 Å². The number of nitrogens with zero attached hydrogens (tertiary/aromatic N) is 7. The second-order valence-electron chi connectivity index (χ2n) is 10.0. The van der Waals surface area contributed by atoms with Gasteiger partial charge in [-0.2, -0.15) is 9.40 Å². The molecule has 11 nitrogen and oxygen atoms in total. The van der Waals surface area contributed by atoms with Gasteiger partial charge in [0.25, 0.3) is 5.56 Å². The zero-order chi connectivity index (χ0) is 28.6. The Bertz CT molecular complexity index is 1700. The van der Waals surface area contributed by atoms with Crippen LogP contribution in [0.15, 0.2) is 33.3 Å². The van der Waals surface area contributed by atoms with Gasteiger partial charge >= 0.3 is 0 Å². The van der Waals surface area contributed by atoms with E-state index in [9.17, 15) is 13.2 Å². The second kappa shape index (κ2) is 11.4. The van der Waals surface area contributed by atoms with Gasteiger partial charge < -0.3 is 9.64 Å². The SMILES string of the molecule is CCCOc1ccc(S(=O)(=O)N2CCN(C)CC2)cc1-c1nc2c(CCC)n(-c3csc(C)n3)nc2c(=O)n1C. The van der Waals surface area contributed by atoms with E-state index in [4.69, 9.17) is 9.72 Å². The van der Waals surface area contributed by atoms with Crippen LogP contribution in [-0.4, -0.2) is 81.8 Å². The van der Waals surface area contributed by atoms with Crippen molar-refractivity contribution in [2.75, 3.05) is 39.8 Å². The van der Waals surface area contributed by atoms with E-state index in [1.807, 2.05) is 26.3 Å². The van der Waals surface area contributed by atoms with E-state index in [0.29, 0.717) is 67.7 Å². The molecule has 1 fully saturated rings. The molecular formula is C27H35N7O4S2. The summed E-state index contributed by atoms with van der Waals surface area (Å²) in [5, 5.41) is 7.44. The van der Waals surface area contributed by atoms with Crippen LogP contribution < -0.4 is 10.3 Å². The Balaban J connectivity index is 1.70. The fraction of sp³-hybridized carbons (Fsp3) is 0.481. The largest absolute Gasteiger partial charge is 0.493 e. The fourth-order valence-electron chi connectivity index (χ4n) is 4.84. The predicted octanol–water partition coefficient (Wildman–Crippen LogP) is 3.23. The second-order valence-corrected chi connectivity index (χ2v) is 13.0. The van der Waals surface area contributed by atoms with Crippen molar-refractivity contribution < 1.29 is 13.2 Å². The summed E-state index contributed by atoms with van der Waals surface area (Å²) in [4.78, 5) is 25.5. The molecular weight excluding hydrogens is 550 g/mol. The molecule has 5 rings (SSSR count). The molecule has 0 atom stereocenters. The smallest absolute Gasteiger partial charge is 0.281 e. The monoisotopic (exact) mass is 585 g/mol. The van der Waals surface area contributed by atoms with Crippen molar-refractivity contribution in [2.45, 2.75) is 44.9 Å². The quantitative estimate of drug-likeness (QED) is 0.294. The molecule has 1 aromatic carbocycles. The standard InChI is InChI=1S/C27H35N7O4S2/c1-6-8-21-24-25(30-34(21)23-17-39-18(3)28-23)27(35)32(5)26(29-24)20-16-19(9-10-22(20)38-15-7-2)40(36,37)33-13-11-31(4)12-14-33/h9-10,16-17H,6-8,11-15H2,1-5H3. The summed E-state index contributed by atoms with van der Waals surface area (Å²) in [5.41, 5.74) is 1.65. The molecule has 214 valence electrons. The van der Waals surface area contributed by atoms with E-state index < -0.39 is 10.0 Å². The van der Waals surface area contributed by atoms with E-state index in [2.05, 4.69) is 21.9 Å². The van der Waals surface area contributed by atoms with Gasteiger partial charge in [-0.1, -0.05) is 20.3 Å². The zero-order valence-electron chi connectivity index (χ0n) is 23.5. The lowest BCUT2D eigenvalue weighted by Gasteiger charge is -2.31. The molecule has 13 heteroatoms. The molecule has 40 heavy (non-hydrogen) atoms. The van der Waals surface area contributed by atoms with Crippen molar-refractivity contribution >= 4 is 32.4 Å². The summed E-state index contributed by atoms with van der Waals surface area (Å²) >= 11 is 1.51. The number of benzene rings is 1. The van der Waals surface area contributed by atoms with E-state index in [1.165, 1.54) is 20.2 Å². The lowest BCUT2D eigenvalue weighted by molar-refractivity contribution is 0.222. The highest BCUT2D eigenvalue weighted by Crippen LogP contribution is 2.33. The predicted molar refractivity (Wildman–Crippen MR) is 156 cm³/mol. The van der Waals surface area contributed by atoms with Gasteiger partial charge in [-0.15, -0.1) is 11.3 Å². The normalized spacial score (nSPS) is 15.2. The van der Waals surface area contributed by atoms with Crippen molar-refractivity contribution in [1.29, 1.82) is 0 Å². The molecule has 0 spiro atoms. The first-order valence-corrected chi connectivity index (χ1v) is 15.8. The van der Waals surface area contributed by atoms with Crippen molar-refractivity contribution in [3.05, 3.63) is 44.6 Å². The molecule has 1 aliphatic heterocycles. The number of fused-ring (bicyclic) bond motifs is 1. The molecule has 4 aromatic rings. The van der Waals surface area contributed by atoms with Crippen LogP contribution in [0.3, 0.4) is 0 Å². The maximum absolute atomic E-state index is 13.7. The van der Waals surface area contributed by atoms with E-state index in [0.717, 1.165) is 23.5 Å². The maximum atomic E-state index is 13.7. The summed E-state index contributed by atoms with van der Waals surface area (Å²) in [6, 6.07) is 4.82. The minimum Gasteiger partial charge on any atom is -0.493 e. The number of ether oxygens (including phenoxy) is 1. The van der Waals surface area contributed by atoms with Gasteiger partial charge in [0.1, 0.15) is 17.1 Å². The first-order valence-electron chi connectivity index (χ1n) is 13.5. The Morgan fingerprint density at radius 3 is 2.42 bits per heavy atom. The molecule has 0 N–H and O–H groups in total. The number of likely N-dealkylation sites (N-methyl/N-ethyl adjacent to an activating group) is 1. The Labute approximate surface area is 238 Å². The van der Waals surface area contributed by atoms with Crippen molar-refractivity contribution in [2.24, 2.45) is 7.05 Å². The number of hydrogen-bond acceptors (Lipinski definition) is 9. The van der Waals surface area contributed by atoms with Crippen LogP contribution in [0.1, 0.15) is 37.4 Å². The topological polar surface area (TPSA) is 115 Å². The summed E-state index contributed by atoms with van der Waals surface area (Å²) in [6.07, 6.45) is 2.23. The van der Waals surface area contributed by atoms with Gasteiger partial charge in [-0.3, -0.25) is 9.36 Å². The van der Waals surface area contributed by atoms with Crippen LogP contribution in [0.25, 0.3) is 28.2 Å². The van der Waals surface area contributed by atoms with E-state index in [-0.39, 0.29) is 16.0 Å². The minimum absolute atomic E-state index is 0.146. The van der Waals surface area contributed by atoms with Crippen LogP contribution in [-0.2, 0) is 23.5 Å². The van der Waals surface area contributed by atoms with Crippen LogP contribution in [0.2, 0.25) is 0 Å². The van der Waals surface area contributed by atoms with Crippen LogP contribution in [0.5, 0.6) is 5.75 Å². The van der Waals surface area contributed by atoms with Gasteiger partial charge in [-0.05, 0) is 45.0 Å². The summed E-state index contributed by atoms with van der Waals surface area (Å²) < 4.78 is 37.9. The van der Waals surface area contributed by atoms with Crippen LogP contribution >= 0.6 is 11.3 Å². The van der Waals surface area contributed by atoms with Crippen molar-refractivity contribution in [1.82, 2.24) is 33.5 Å². The third-order valence-corrected chi connectivity index (χ3v) is 9.72. The Morgan fingerprint density at radius 2 is 1.77 bits per heavy atom. The average molecular weight is 586 g/mol. The summed E-state index contributed by atoms with van der Waals surface area (Å²) in [5.74, 6) is 1.45. The molecule has 0 aliphatic carbocycles. The highest BCUT2D eigenvalue weighted by molar-refractivity contribution is 7.89. The highest BCUT2D eigenvalue weighted by atomic mass is 32.2. The molecule has 1 aliphatic rings. The van der Waals surface area contributed by atoms with E-state index in [1.54, 1.807) is 29.9 Å². The third kappa shape index (κ3) is 5.18. The molecule has 3 aromatic heterocycles. The number of hydrogen-bond donors (Lipinski definition) is 0. The number of aryl methyl sites for hydroxylation is 2. The summed E-state index contributed by atoms with van der Waals surface area (Å²) in [6.45, 7) is 8.58. The first-order chi connectivity index (χ1) is 19.1. The highest BCUT2D eigenvalue weighted by Gasteiger charge is 2.29. The number of thiazole rings is 1. The molecule has 0 bridgehead atoms.